The highest BCUT2D eigenvalue weighted by Gasteiger charge is 2.41. The summed E-state index contributed by atoms with van der Waals surface area (Å²) in [5.74, 6) is -1.25. The molecular weight excluding hydrogens is 336 g/mol. The molecule has 1 N–H and O–H groups in total. The van der Waals surface area contributed by atoms with Crippen molar-refractivity contribution in [2.75, 3.05) is 5.32 Å². The Morgan fingerprint density at radius 3 is 2.85 bits per heavy atom. The van der Waals surface area contributed by atoms with E-state index in [2.05, 4.69) is 10.3 Å². The number of anilines is 1. The second kappa shape index (κ2) is 7.53. The molecule has 0 bridgehead atoms. The number of rotatable bonds is 6. The minimum atomic E-state index is -0.998. The van der Waals surface area contributed by atoms with Gasteiger partial charge in [-0.05, 0) is 18.2 Å². The zero-order chi connectivity index (χ0) is 18.6. The Morgan fingerprint density at radius 1 is 1.31 bits per heavy atom. The van der Waals surface area contributed by atoms with Crippen LogP contribution in [0.15, 0.2) is 48.8 Å². The topological polar surface area (TPSA) is 86.8 Å². The number of ether oxygens (including phenoxy) is 3. The molecule has 1 aliphatic rings. The van der Waals surface area contributed by atoms with Crippen LogP contribution in [0.25, 0.3) is 0 Å². The number of nitrogens with one attached hydrogen (secondary N) is 1. The zero-order valence-corrected chi connectivity index (χ0v) is 14.6. The Balaban J connectivity index is 1.55. The molecule has 0 spiro atoms. The lowest BCUT2D eigenvalue weighted by Gasteiger charge is -2.15. The molecule has 0 unspecified atom stereocenters. The van der Waals surface area contributed by atoms with Gasteiger partial charge in [0.1, 0.15) is 12.4 Å². The third kappa shape index (κ3) is 4.80. The van der Waals surface area contributed by atoms with Crippen molar-refractivity contribution >= 4 is 17.6 Å². The van der Waals surface area contributed by atoms with Gasteiger partial charge in [-0.15, -0.1) is 0 Å². The number of hydrogen-bond acceptors (Lipinski definition) is 6. The van der Waals surface area contributed by atoms with Crippen LogP contribution in [0.1, 0.15) is 25.8 Å². The van der Waals surface area contributed by atoms with E-state index in [4.69, 9.17) is 14.2 Å². The van der Waals surface area contributed by atoms with Gasteiger partial charge < -0.3 is 19.5 Å². The number of amides is 1. The van der Waals surface area contributed by atoms with Crippen molar-refractivity contribution < 1.29 is 23.8 Å². The van der Waals surface area contributed by atoms with E-state index < -0.39 is 17.9 Å². The normalized spacial score (nSPS) is 18.2. The Morgan fingerprint density at radius 2 is 2.15 bits per heavy atom. The van der Waals surface area contributed by atoms with Gasteiger partial charge >= 0.3 is 5.97 Å². The quantitative estimate of drug-likeness (QED) is 0.801. The van der Waals surface area contributed by atoms with Gasteiger partial charge in [-0.1, -0.05) is 12.1 Å². The summed E-state index contributed by atoms with van der Waals surface area (Å²) in [4.78, 5) is 27.9. The zero-order valence-electron chi connectivity index (χ0n) is 14.6. The third-order valence-corrected chi connectivity index (χ3v) is 3.65. The van der Waals surface area contributed by atoms with E-state index in [1.54, 1.807) is 50.5 Å². The fraction of sp³-hybridized carbons (Fsp3) is 0.316. The molecule has 1 atom stereocenters. The van der Waals surface area contributed by atoms with Gasteiger partial charge in [-0.2, -0.15) is 0 Å². The molecule has 1 saturated heterocycles. The number of hydrogen-bond donors (Lipinski definition) is 1. The molecule has 136 valence electrons. The molecular formula is C19H20N2O5. The van der Waals surface area contributed by atoms with Crippen LogP contribution in [0.2, 0.25) is 0 Å². The molecule has 7 nitrogen and oxygen atoms in total. The van der Waals surface area contributed by atoms with Crippen molar-refractivity contribution in [2.24, 2.45) is 0 Å². The van der Waals surface area contributed by atoms with Crippen molar-refractivity contribution in [1.29, 1.82) is 0 Å². The summed E-state index contributed by atoms with van der Waals surface area (Å²) in [5.41, 5.74) is 1.52. The maximum absolute atomic E-state index is 12.2. The van der Waals surface area contributed by atoms with Crippen LogP contribution < -0.4 is 10.1 Å². The largest absolute Gasteiger partial charge is 0.489 e. The second-order valence-corrected chi connectivity index (χ2v) is 6.36. The smallest absolute Gasteiger partial charge is 0.338 e. The number of esters is 1. The first kappa shape index (κ1) is 17.9. The number of nitrogens with zero attached hydrogens (tertiary/aromatic N) is 1. The Hall–Kier alpha value is -2.93. The molecule has 1 amide bonds. The molecule has 26 heavy (non-hydrogen) atoms. The Kier molecular flexibility index (Phi) is 5.18. The highest BCUT2D eigenvalue weighted by atomic mass is 16.8. The van der Waals surface area contributed by atoms with Gasteiger partial charge in [0.05, 0.1) is 6.42 Å². The van der Waals surface area contributed by atoms with Crippen LogP contribution in [-0.2, 0) is 25.7 Å². The molecule has 3 rings (SSSR count). The lowest BCUT2D eigenvalue weighted by atomic mass is 10.2. The maximum Gasteiger partial charge on any atom is 0.338 e. The van der Waals surface area contributed by atoms with Crippen molar-refractivity contribution in [1.82, 2.24) is 4.98 Å². The summed E-state index contributed by atoms with van der Waals surface area (Å²) in [7, 11) is 0. The first-order chi connectivity index (χ1) is 12.4. The molecule has 2 aromatic rings. The molecule has 1 aromatic heterocycles. The van der Waals surface area contributed by atoms with Gasteiger partial charge in [0.25, 0.3) is 0 Å². The van der Waals surface area contributed by atoms with Gasteiger partial charge in [-0.25, -0.2) is 4.79 Å². The number of benzene rings is 1. The predicted molar refractivity (Wildman–Crippen MR) is 93.3 cm³/mol. The first-order valence-corrected chi connectivity index (χ1v) is 8.23. The van der Waals surface area contributed by atoms with Crippen LogP contribution in [0.5, 0.6) is 5.75 Å². The average Bonchev–Trinajstić information content (AvgIpc) is 2.86. The number of pyridine rings is 1. The summed E-state index contributed by atoms with van der Waals surface area (Å²) in [6.45, 7) is 3.64. The SMILES string of the molecule is CC1(C)OC(=O)[C@H](CC(=O)Nc2cccc(OCc3cccnc3)c2)O1. The van der Waals surface area contributed by atoms with Crippen molar-refractivity contribution in [3.05, 3.63) is 54.4 Å². The standard InChI is InChI=1S/C19H20N2O5/c1-19(2)25-16(18(23)26-19)10-17(22)21-14-6-3-7-15(9-14)24-12-13-5-4-8-20-11-13/h3-9,11,16H,10,12H2,1-2H3,(H,21,22)/t16-/m0/s1. The Labute approximate surface area is 151 Å². The number of cyclic esters (lactones) is 1. The summed E-state index contributed by atoms with van der Waals surface area (Å²) >= 11 is 0. The summed E-state index contributed by atoms with van der Waals surface area (Å²) in [5, 5.41) is 2.74. The number of carbonyl (C=O) groups excluding carboxylic acids is 2. The molecule has 1 aliphatic heterocycles. The lowest BCUT2D eigenvalue weighted by molar-refractivity contribution is -0.160. The predicted octanol–water partition coefficient (Wildman–Crippen LogP) is 2.67. The van der Waals surface area contributed by atoms with E-state index in [1.807, 2.05) is 12.1 Å². The minimum Gasteiger partial charge on any atom is -0.489 e. The van der Waals surface area contributed by atoms with E-state index in [-0.39, 0.29) is 12.3 Å². The Bertz CT molecular complexity index is 792. The van der Waals surface area contributed by atoms with Crippen LogP contribution >= 0.6 is 0 Å². The molecule has 0 radical (unpaired) electrons. The fourth-order valence-electron chi connectivity index (χ4n) is 2.54. The first-order valence-electron chi connectivity index (χ1n) is 8.23. The van der Waals surface area contributed by atoms with Crippen molar-refractivity contribution in [3.8, 4) is 5.75 Å². The molecule has 1 aromatic carbocycles. The summed E-state index contributed by atoms with van der Waals surface area (Å²) in [6, 6.07) is 10.8. The van der Waals surface area contributed by atoms with Crippen molar-refractivity contribution in [3.63, 3.8) is 0 Å². The molecule has 0 saturated carbocycles. The van der Waals surface area contributed by atoms with Crippen LogP contribution in [0, 0.1) is 0 Å². The maximum atomic E-state index is 12.2. The average molecular weight is 356 g/mol. The van der Waals surface area contributed by atoms with Crippen LogP contribution in [0.3, 0.4) is 0 Å². The lowest BCUT2D eigenvalue weighted by Crippen LogP contribution is -2.26. The van der Waals surface area contributed by atoms with Gasteiger partial charge in [-0.3, -0.25) is 9.78 Å². The molecule has 1 fully saturated rings. The minimum absolute atomic E-state index is 0.108. The van der Waals surface area contributed by atoms with E-state index in [1.165, 1.54) is 0 Å². The number of aromatic nitrogens is 1. The van der Waals surface area contributed by atoms with E-state index in [0.717, 1.165) is 5.56 Å². The van der Waals surface area contributed by atoms with E-state index >= 15 is 0 Å². The van der Waals surface area contributed by atoms with Gasteiger partial charge in [0, 0.05) is 43.6 Å². The highest BCUT2D eigenvalue weighted by molar-refractivity contribution is 5.94. The van der Waals surface area contributed by atoms with Crippen LogP contribution in [0.4, 0.5) is 5.69 Å². The monoisotopic (exact) mass is 356 g/mol. The van der Waals surface area contributed by atoms with E-state index in [0.29, 0.717) is 18.0 Å². The van der Waals surface area contributed by atoms with Gasteiger partial charge in [0.2, 0.25) is 11.7 Å². The summed E-state index contributed by atoms with van der Waals surface area (Å²) < 4.78 is 16.2. The van der Waals surface area contributed by atoms with Crippen LogP contribution in [-0.4, -0.2) is 28.8 Å². The highest BCUT2D eigenvalue weighted by Crippen LogP contribution is 2.26. The third-order valence-electron chi connectivity index (χ3n) is 3.65. The molecule has 7 heteroatoms. The molecule has 0 aliphatic carbocycles. The fourth-order valence-corrected chi connectivity index (χ4v) is 2.54. The summed E-state index contributed by atoms with van der Waals surface area (Å²) in [6.07, 6.45) is 2.43. The molecule has 2 heterocycles. The van der Waals surface area contributed by atoms with Gasteiger partial charge in [0.15, 0.2) is 6.10 Å². The second-order valence-electron chi connectivity index (χ2n) is 6.36. The van der Waals surface area contributed by atoms with E-state index in [9.17, 15) is 9.59 Å². The van der Waals surface area contributed by atoms with Crippen molar-refractivity contribution in [2.45, 2.75) is 38.8 Å². The number of carbonyl (C=O) groups is 2.